The Labute approximate surface area is 217 Å². The van der Waals surface area contributed by atoms with Gasteiger partial charge in [0, 0.05) is 32.6 Å². The number of carbonyl (C=O) groups is 1. The Morgan fingerprint density at radius 2 is 1.63 bits per heavy atom. The number of aliphatic carboxylic acids is 1. The molecule has 38 heavy (non-hydrogen) atoms. The number of ether oxygens (including phenoxy) is 2. The minimum absolute atomic E-state index is 0.0925. The number of carboxylic acid groups (broad SMARTS) is 1. The Morgan fingerprint density at radius 3 is 2.13 bits per heavy atom. The first-order chi connectivity index (χ1) is 17.9. The summed E-state index contributed by atoms with van der Waals surface area (Å²) in [5.41, 5.74) is -0.450. The number of carboxylic acids is 1. The van der Waals surface area contributed by atoms with Crippen molar-refractivity contribution in [3.8, 4) is 11.5 Å². The monoisotopic (exact) mass is 549 g/mol. The first-order valence-corrected chi connectivity index (χ1v) is 12.7. The van der Waals surface area contributed by atoms with E-state index in [2.05, 4.69) is 10.1 Å². The summed E-state index contributed by atoms with van der Waals surface area (Å²) < 4.78 is 78.9. The van der Waals surface area contributed by atoms with E-state index >= 15 is 0 Å². The van der Waals surface area contributed by atoms with E-state index in [9.17, 15) is 26.7 Å². The zero-order valence-electron chi connectivity index (χ0n) is 21.3. The van der Waals surface area contributed by atoms with Gasteiger partial charge in [-0.3, -0.25) is 14.6 Å². The highest BCUT2D eigenvalue weighted by molar-refractivity contribution is 5.88. The number of nitrogens with zero attached hydrogens (tertiary/aromatic N) is 3. The van der Waals surface area contributed by atoms with Gasteiger partial charge >= 0.3 is 18.1 Å². The molecule has 1 N–H and O–H groups in total. The van der Waals surface area contributed by atoms with Crippen LogP contribution in [-0.4, -0.2) is 84.3 Å². The van der Waals surface area contributed by atoms with Crippen molar-refractivity contribution in [1.29, 1.82) is 0 Å². The Morgan fingerprint density at radius 1 is 1.05 bits per heavy atom. The van der Waals surface area contributed by atoms with Gasteiger partial charge in [-0.1, -0.05) is 5.16 Å². The molecule has 0 amide bonds. The molecule has 3 aliphatic heterocycles. The van der Waals surface area contributed by atoms with Crippen molar-refractivity contribution in [2.45, 2.75) is 57.4 Å². The van der Waals surface area contributed by atoms with Crippen LogP contribution in [0.1, 0.15) is 44.2 Å². The average Bonchev–Trinajstić information content (AvgIpc) is 3.22. The third-order valence-electron chi connectivity index (χ3n) is 7.06. The van der Waals surface area contributed by atoms with Gasteiger partial charge in [-0.25, -0.2) is 0 Å². The van der Waals surface area contributed by atoms with Crippen molar-refractivity contribution < 1.29 is 46.2 Å². The predicted molar refractivity (Wildman–Crippen MR) is 127 cm³/mol. The van der Waals surface area contributed by atoms with Crippen molar-refractivity contribution in [2.24, 2.45) is 11.1 Å². The lowest BCUT2D eigenvalue weighted by Crippen LogP contribution is -2.61. The predicted octanol–water partition coefficient (Wildman–Crippen LogP) is 4.27. The molecule has 2 fully saturated rings. The standard InChI is InChI=1S/C25H32F5N3O5/c1-3-36-19-9-16(10-20(37-4-2)21(19)24(26,27)25(28,29)30)12-33-14-23(15-33)11-18(31-38-23)13-32-7-5-17(6-8-32)22(34)35/h9-10,17H,3-8,11-15H2,1-2H3,(H,34,35). The fourth-order valence-corrected chi connectivity index (χ4v) is 5.31. The van der Waals surface area contributed by atoms with Crippen molar-refractivity contribution in [1.82, 2.24) is 9.80 Å². The second kappa shape index (κ2) is 10.8. The number of rotatable bonds is 10. The quantitative estimate of drug-likeness (QED) is 0.437. The normalized spacial score (nSPS) is 20.7. The second-order valence-corrected chi connectivity index (χ2v) is 10.0. The summed E-state index contributed by atoms with van der Waals surface area (Å²) in [6.45, 7) is 6.10. The third-order valence-corrected chi connectivity index (χ3v) is 7.06. The van der Waals surface area contributed by atoms with Gasteiger partial charge in [-0.2, -0.15) is 22.0 Å². The lowest BCUT2D eigenvalue weighted by Gasteiger charge is -2.45. The maximum absolute atomic E-state index is 14.4. The molecule has 1 spiro atoms. The lowest BCUT2D eigenvalue weighted by atomic mass is 9.88. The first-order valence-electron chi connectivity index (χ1n) is 12.7. The summed E-state index contributed by atoms with van der Waals surface area (Å²) >= 11 is 0. The SMILES string of the molecule is CCOc1cc(CN2CC3(CC(CN4CCC(C(=O)O)CC4)=NO3)C2)cc(OCC)c1C(F)(F)C(F)(F)F. The van der Waals surface area contributed by atoms with Gasteiger partial charge in [0.15, 0.2) is 5.60 Å². The molecule has 3 aliphatic rings. The highest BCUT2D eigenvalue weighted by atomic mass is 19.4. The van der Waals surface area contributed by atoms with E-state index in [4.69, 9.17) is 19.4 Å². The van der Waals surface area contributed by atoms with E-state index < -0.39 is 40.7 Å². The molecule has 1 aromatic carbocycles. The topological polar surface area (TPSA) is 83.8 Å². The van der Waals surface area contributed by atoms with E-state index in [1.165, 1.54) is 26.0 Å². The number of likely N-dealkylation sites (tertiary alicyclic amines) is 2. The van der Waals surface area contributed by atoms with E-state index in [-0.39, 0.29) is 25.7 Å². The molecular formula is C25H32F5N3O5. The second-order valence-electron chi connectivity index (χ2n) is 10.0. The average molecular weight is 550 g/mol. The maximum atomic E-state index is 14.4. The first kappa shape index (κ1) is 28.3. The third kappa shape index (κ3) is 5.83. The smallest absolute Gasteiger partial charge is 0.458 e. The van der Waals surface area contributed by atoms with E-state index in [1.807, 2.05) is 4.90 Å². The molecule has 0 aliphatic carbocycles. The molecule has 0 atom stereocenters. The van der Waals surface area contributed by atoms with Gasteiger partial charge in [0.05, 0.1) is 24.8 Å². The highest BCUT2D eigenvalue weighted by Gasteiger charge is 2.61. The summed E-state index contributed by atoms with van der Waals surface area (Å²) in [5.74, 6) is -7.32. The maximum Gasteiger partial charge on any atom is 0.458 e. The molecule has 0 radical (unpaired) electrons. The summed E-state index contributed by atoms with van der Waals surface area (Å²) in [4.78, 5) is 21.0. The number of halogens is 5. The molecule has 0 bridgehead atoms. The minimum atomic E-state index is -5.81. The van der Waals surface area contributed by atoms with Crippen molar-refractivity contribution >= 4 is 11.7 Å². The fourth-order valence-electron chi connectivity index (χ4n) is 5.31. The van der Waals surface area contributed by atoms with Crippen LogP contribution in [0, 0.1) is 5.92 Å². The van der Waals surface area contributed by atoms with Crippen LogP contribution in [0.3, 0.4) is 0 Å². The highest BCUT2D eigenvalue weighted by Crippen LogP contribution is 2.51. The number of hydrogen-bond acceptors (Lipinski definition) is 7. The van der Waals surface area contributed by atoms with Gasteiger partial charge in [0.1, 0.15) is 17.1 Å². The molecule has 8 nitrogen and oxygen atoms in total. The van der Waals surface area contributed by atoms with Crippen LogP contribution in [0.25, 0.3) is 0 Å². The van der Waals surface area contributed by atoms with Crippen LogP contribution in [0.5, 0.6) is 11.5 Å². The Balaban J connectivity index is 1.38. The molecule has 2 saturated heterocycles. The van der Waals surface area contributed by atoms with Gasteiger partial charge in [0.2, 0.25) is 0 Å². The van der Waals surface area contributed by atoms with Crippen molar-refractivity contribution in [2.75, 3.05) is 45.9 Å². The molecule has 4 rings (SSSR count). The molecule has 3 heterocycles. The summed E-state index contributed by atoms with van der Waals surface area (Å²) in [5, 5.41) is 13.4. The van der Waals surface area contributed by atoms with Gasteiger partial charge in [-0.05, 0) is 57.5 Å². The largest absolute Gasteiger partial charge is 0.493 e. The molecule has 212 valence electrons. The molecule has 1 aromatic rings. The van der Waals surface area contributed by atoms with Crippen LogP contribution < -0.4 is 9.47 Å². The zero-order valence-corrected chi connectivity index (χ0v) is 21.3. The molecular weight excluding hydrogens is 517 g/mol. The lowest BCUT2D eigenvalue weighted by molar-refractivity contribution is -0.290. The summed E-state index contributed by atoms with van der Waals surface area (Å²) in [6, 6.07) is 2.42. The fraction of sp³-hybridized carbons (Fsp3) is 0.680. The van der Waals surface area contributed by atoms with Gasteiger partial charge < -0.3 is 19.4 Å². The van der Waals surface area contributed by atoms with Crippen LogP contribution in [0.2, 0.25) is 0 Å². The molecule has 13 heteroatoms. The summed E-state index contributed by atoms with van der Waals surface area (Å²) in [7, 11) is 0. The zero-order chi connectivity index (χ0) is 27.7. The van der Waals surface area contributed by atoms with Crippen molar-refractivity contribution in [3.05, 3.63) is 23.3 Å². The van der Waals surface area contributed by atoms with Crippen LogP contribution >= 0.6 is 0 Å². The molecule has 0 aromatic heterocycles. The van der Waals surface area contributed by atoms with Crippen molar-refractivity contribution in [3.63, 3.8) is 0 Å². The number of benzene rings is 1. The van der Waals surface area contributed by atoms with Gasteiger partial charge in [-0.15, -0.1) is 0 Å². The number of alkyl halides is 5. The van der Waals surface area contributed by atoms with E-state index in [0.717, 1.165) is 5.71 Å². The Kier molecular flexibility index (Phi) is 8.08. The minimum Gasteiger partial charge on any atom is -0.493 e. The molecule has 0 unspecified atom stereocenters. The molecule has 0 saturated carbocycles. The summed E-state index contributed by atoms with van der Waals surface area (Å²) in [6.07, 6.45) is -3.99. The van der Waals surface area contributed by atoms with Crippen LogP contribution in [0.15, 0.2) is 17.3 Å². The van der Waals surface area contributed by atoms with Crippen LogP contribution in [0.4, 0.5) is 22.0 Å². The number of piperidine rings is 1. The van der Waals surface area contributed by atoms with Crippen LogP contribution in [-0.2, 0) is 22.1 Å². The Bertz CT molecular complexity index is 1020. The van der Waals surface area contributed by atoms with E-state index in [0.29, 0.717) is 57.5 Å². The number of oxime groups is 1. The van der Waals surface area contributed by atoms with Gasteiger partial charge in [0.25, 0.3) is 0 Å². The number of hydrogen-bond donors (Lipinski definition) is 1. The Hall–Kier alpha value is -2.67. The van der Waals surface area contributed by atoms with E-state index in [1.54, 1.807) is 0 Å².